The maximum atomic E-state index is 12.5. The van der Waals surface area contributed by atoms with E-state index in [1.54, 1.807) is 66.7 Å². The van der Waals surface area contributed by atoms with Gasteiger partial charge in [-0.3, -0.25) is 9.59 Å². The van der Waals surface area contributed by atoms with Gasteiger partial charge in [0.15, 0.2) is 18.1 Å². The second-order valence-corrected chi connectivity index (χ2v) is 7.73. The number of rotatable bonds is 11. The smallest absolute Gasteiger partial charge is 0.271 e. The Morgan fingerprint density at radius 3 is 2.49 bits per heavy atom. The van der Waals surface area contributed by atoms with Gasteiger partial charge >= 0.3 is 0 Å². The molecule has 0 aliphatic carbocycles. The van der Waals surface area contributed by atoms with Crippen molar-refractivity contribution >= 4 is 35.3 Å². The van der Waals surface area contributed by atoms with Crippen molar-refractivity contribution in [3.05, 3.63) is 82.9 Å². The molecule has 0 spiro atoms. The third-order valence-electron chi connectivity index (χ3n) is 4.66. The number of carbonyl (C=O) groups excluding carboxylic acids is 2. The molecule has 8 nitrogen and oxygen atoms in total. The first-order chi connectivity index (χ1) is 17.0. The fraction of sp³-hybridized carbons (Fsp3) is 0.192. The Morgan fingerprint density at radius 1 is 0.971 bits per heavy atom. The van der Waals surface area contributed by atoms with Crippen molar-refractivity contribution < 1.29 is 23.8 Å². The van der Waals surface area contributed by atoms with E-state index >= 15 is 0 Å². The van der Waals surface area contributed by atoms with Gasteiger partial charge in [-0.05, 0) is 61.0 Å². The highest BCUT2D eigenvalue weighted by Gasteiger charge is 2.11. The van der Waals surface area contributed by atoms with Crippen LogP contribution in [0.4, 0.5) is 5.69 Å². The molecule has 0 saturated heterocycles. The van der Waals surface area contributed by atoms with E-state index < -0.39 is 5.91 Å². The molecular weight excluding hydrogens is 470 g/mol. The minimum Gasteiger partial charge on any atom is -0.493 e. The summed E-state index contributed by atoms with van der Waals surface area (Å²) in [7, 11) is 1.51. The molecule has 182 valence electrons. The molecule has 3 rings (SSSR count). The van der Waals surface area contributed by atoms with Crippen LogP contribution >= 0.6 is 11.6 Å². The Labute approximate surface area is 208 Å². The van der Waals surface area contributed by atoms with Gasteiger partial charge in [0.1, 0.15) is 5.75 Å². The van der Waals surface area contributed by atoms with Crippen molar-refractivity contribution in [2.75, 3.05) is 25.6 Å². The zero-order valence-electron chi connectivity index (χ0n) is 19.4. The van der Waals surface area contributed by atoms with Crippen molar-refractivity contribution in [3.63, 3.8) is 0 Å². The van der Waals surface area contributed by atoms with E-state index in [-0.39, 0.29) is 12.5 Å². The SMILES string of the molecule is CCCOc1ccc(C(=O)N/N=C/c2ccccc2OCC(=O)Nc2ccc(Cl)cc2)cc1OC. The molecule has 0 saturated carbocycles. The lowest BCUT2D eigenvalue weighted by Gasteiger charge is -2.11. The molecule has 2 amide bonds. The Balaban J connectivity index is 1.58. The summed E-state index contributed by atoms with van der Waals surface area (Å²) in [5, 5.41) is 7.33. The van der Waals surface area contributed by atoms with Crippen molar-refractivity contribution in [2.45, 2.75) is 13.3 Å². The highest BCUT2D eigenvalue weighted by molar-refractivity contribution is 6.30. The number of nitrogens with one attached hydrogen (secondary N) is 2. The number of halogens is 1. The van der Waals surface area contributed by atoms with Gasteiger partial charge in [-0.25, -0.2) is 5.43 Å². The van der Waals surface area contributed by atoms with Crippen molar-refractivity contribution in [2.24, 2.45) is 5.10 Å². The maximum absolute atomic E-state index is 12.5. The van der Waals surface area contributed by atoms with Crippen LogP contribution in [-0.4, -0.2) is 38.4 Å². The van der Waals surface area contributed by atoms with Crippen molar-refractivity contribution in [3.8, 4) is 17.2 Å². The minimum absolute atomic E-state index is 0.202. The van der Waals surface area contributed by atoms with Crippen LogP contribution < -0.4 is 25.0 Å². The summed E-state index contributed by atoms with van der Waals surface area (Å²) < 4.78 is 16.6. The van der Waals surface area contributed by atoms with Crippen LogP contribution in [-0.2, 0) is 4.79 Å². The summed E-state index contributed by atoms with van der Waals surface area (Å²) in [4.78, 5) is 24.7. The topological polar surface area (TPSA) is 98.3 Å². The first kappa shape index (κ1) is 25.6. The quantitative estimate of drug-likeness (QED) is 0.290. The molecule has 0 aliphatic heterocycles. The second-order valence-electron chi connectivity index (χ2n) is 7.29. The molecule has 0 unspecified atom stereocenters. The number of hydrogen-bond donors (Lipinski definition) is 2. The minimum atomic E-state index is -0.415. The standard InChI is InChI=1S/C26H26ClN3O5/c1-3-14-34-23-13-8-18(15-24(23)33-2)26(32)30-28-16-19-6-4-5-7-22(19)35-17-25(31)29-21-11-9-20(27)10-12-21/h4-13,15-16H,3,14,17H2,1-2H3,(H,29,31)(H,30,32)/b28-16+. The summed E-state index contributed by atoms with van der Waals surface area (Å²) in [6, 6.07) is 18.7. The van der Waals surface area contributed by atoms with E-state index in [4.69, 9.17) is 25.8 Å². The van der Waals surface area contributed by atoms with Gasteiger partial charge in [-0.1, -0.05) is 30.7 Å². The van der Waals surface area contributed by atoms with Gasteiger partial charge in [0.2, 0.25) is 0 Å². The van der Waals surface area contributed by atoms with Crippen molar-refractivity contribution in [1.82, 2.24) is 5.43 Å². The number of benzene rings is 3. The third kappa shape index (κ3) is 7.75. The maximum Gasteiger partial charge on any atom is 0.271 e. The molecule has 0 aromatic heterocycles. The predicted molar refractivity (Wildman–Crippen MR) is 136 cm³/mol. The van der Waals surface area contributed by atoms with Crippen LogP contribution in [0.1, 0.15) is 29.3 Å². The summed E-state index contributed by atoms with van der Waals surface area (Å²) in [6.07, 6.45) is 2.30. The number of hydrazone groups is 1. The average molecular weight is 496 g/mol. The van der Waals surface area contributed by atoms with Crippen LogP contribution in [0.2, 0.25) is 5.02 Å². The Bertz CT molecular complexity index is 1180. The zero-order valence-corrected chi connectivity index (χ0v) is 20.2. The number of methoxy groups -OCH3 is 1. The number of carbonyl (C=O) groups is 2. The van der Waals surface area contributed by atoms with Crippen LogP contribution in [0.15, 0.2) is 71.8 Å². The zero-order chi connectivity index (χ0) is 25.0. The number of nitrogens with zero attached hydrogens (tertiary/aromatic N) is 1. The molecule has 0 atom stereocenters. The van der Waals surface area contributed by atoms with Crippen molar-refractivity contribution in [1.29, 1.82) is 0 Å². The average Bonchev–Trinajstić information content (AvgIpc) is 2.88. The van der Waals surface area contributed by atoms with E-state index in [0.717, 1.165) is 6.42 Å². The monoisotopic (exact) mass is 495 g/mol. The molecule has 3 aromatic carbocycles. The summed E-state index contributed by atoms with van der Waals surface area (Å²) in [6.45, 7) is 2.36. The molecule has 0 radical (unpaired) electrons. The molecular formula is C26H26ClN3O5. The number of amides is 2. The lowest BCUT2D eigenvalue weighted by Crippen LogP contribution is -2.20. The Kier molecular flexibility index (Phi) is 9.50. The normalized spacial score (nSPS) is 10.6. The molecule has 9 heteroatoms. The van der Waals surface area contributed by atoms with Crippen LogP contribution in [0.5, 0.6) is 17.2 Å². The summed E-state index contributed by atoms with van der Waals surface area (Å²) in [5.41, 5.74) is 4.05. The van der Waals surface area contributed by atoms with E-state index in [0.29, 0.717) is 45.7 Å². The fourth-order valence-corrected chi connectivity index (χ4v) is 3.08. The Hall–Kier alpha value is -4.04. The first-order valence-corrected chi connectivity index (χ1v) is 11.3. The van der Waals surface area contributed by atoms with E-state index in [9.17, 15) is 9.59 Å². The lowest BCUT2D eigenvalue weighted by molar-refractivity contribution is -0.118. The second kappa shape index (κ2) is 13.0. The molecule has 35 heavy (non-hydrogen) atoms. The Morgan fingerprint density at radius 2 is 1.74 bits per heavy atom. The lowest BCUT2D eigenvalue weighted by atomic mass is 10.2. The van der Waals surface area contributed by atoms with Gasteiger partial charge in [0, 0.05) is 21.8 Å². The molecule has 0 heterocycles. The third-order valence-corrected chi connectivity index (χ3v) is 4.91. The number of para-hydroxylation sites is 1. The predicted octanol–water partition coefficient (Wildman–Crippen LogP) is 4.92. The van der Waals surface area contributed by atoms with Crippen LogP contribution in [0, 0.1) is 0 Å². The summed E-state index contributed by atoms with van der Waals surface area (Å²) >= 11 is 5.85. The number of ether oxygens (including phenoxy) is 3. The first-order valence-electron chi connectivity index (χ1n) is 10.9. The highest BCUT2D eigenvalue weighted by atomic mass is 35.5. The molecule has 3 aromatic rings. The molecule has 0 bridgehead atoms. The summed E-state index contributed by atoms with van der Waals surface area (Å²) in [5.74, 6) is 0.733. The highest BCUT2D eigenvalue weighted by Crippen LogP contribution is 2.28. The van der Waals surface area contributed by atoms with Gasteiger partial charge in [-0.15, -0.1) is 0 Å². The van der Waals surface area contributed by atoms with Gasteiger partial charge in [0.05, 0.1) is 19.9 Å². The van der Waals surface area contributed by atoms with Crippen LogP contribution in [0.3, 0.4) is 0 Å². The van der Waals surface area contributed by atoms with Crippen LogP contribution in [0.25, 0.3) is 0 Å². The number of anilines is 1. The van der Waals surface area contributed by atoms with E-state index in [1.165, 1.54) is 13.3 Å². The largest absolute Gasteiger partial charge is 0.493 e. The van der Waals surface area contributed by atoms with Gasteiger partial charge in [-0.2, -0.15) is 5.10 Å². The van der Waals surface area contributed by atoms with Gasteiger partial charge in [0.25, 0.3) is 11.8 Å². The van der Waals surface area contributed by atoms with E-state index in [2.05, 4.69) is 15.8 Å². The molecule has 0 aliphatic rings. The number of hydrogen-bond acceptors (Lipinski definition) is 6. The van der Waals surface area contributed by atoms with Gasteiger partial charge < -0.3 is 19.5 Å². The fourth-order valence-electron chi connectivity index (χ4n) is 2.96. The molecule has 2 N–H and O–H groups in total. The van der Waals surface area contributed by atoms with E-state index in [1.807, 2.05) is 6.92 Å². The molecule has 0 fully saturated rings.